The zero-order valence-electron chi connectivity index (χ0n) is 9.56. The van der Waals surface area contributed by atoms with E-state index in [1.54, 1.807) is 0 Å². The summed E-state index contributed by atoms with van der Waals surface area (Å²) < 4.78 is 0. The minimum atomic E-state index is 0.0548. The zero-order chi connectivity index (χ0) is 11.4. The number of hydrogen-bond acceptors (Lipinski definition) is 1. The molecule has 0 spiro atoms. The summed E-state index contributed by atoms with van der Waals surface area (Å²) >= 11 is 0. The van der Waals surface area contributed by atoms with Gasteiger partial charge < -0.3 is 0 Å². The highest BCUT2D eigenvalue weighted by Gasteiger charge is 1.98. The molecule has 80 valence electrons. The van der Waals surface area contributed by atoms with Crippen LogP contribution in [0.4, 0.5) is 0 Å². The summed E-state index contributed by atoms with van der Waals surface area (Å²) in [5, 5.41) is 8.78. The molecule has 1 unspecified atom stereocenters. The molecular formula is C14H19N. The highest BCUT2D eigenvalue weighted by molar-refractivity contribution is 5.10. The van der Waals surface area contributed by atoms with E-state index >= 15 is 0 Å². The van der Waals surface area contributed by atoms with Crippen molar-refractivity contribution in [3.8, 4) is 6.07 Å². The highest BCUT2D eigenvalue weighted by atomic mass is 14.3. The predicted octanol–water partition coefficient (Wildman–Crippen LogP) is 4.17. The van der Waals surface area contributed by atoms with Gasteiger partial charge in [-0.05, 0) is 26.7 Å². The first kappa shape index (κ1) is 13.4. The second kappa shape index (κ2) is 10.5. The molecular weight excluding hydrogens is 182 g/mol. The SMILES string of the molecule is CC=CC=CC=CCCC(C#N)C=CC. The van der Waals surface area contributed by atoms with Crippen LogP contribution in [-0.4, -0.2) is 0 Å². The molecule has 15 heavy (non-hydrogen) atoms. The lowest BCUT2D eigenvalue weighted by Gasteiger charge is -1.98. The Balaban J connectivity index is 3.73. The monoisotopic (exact) mass is 201 g/mol. The van der Waals surface area contributed by atoms with Gasteiger partial charge in [0.05, 0.1) is 12.0 Å². The van der Waals surface area contributed by atoms with Crippen molar-refractivity contribution in [1.29, 1.82) is 5.26 Å². The molecule has 0 aliphatic rings. The molecule has 0 bridgehead atoms. The van der Waals surface area contributed by atoms with E-state index in [1.807, 2.05) is 56.4 Å². The van der Waals surface area contributed by atoms with Gasteiger partial charge >= 0.3 is 0 Å². The van der Waals surface area contributed by atoms with Crippen molar-refractivity contribution in [2.75, 3.05) is 0 Å². The second-order valence-electron chi connectivity index (χ2n) is 3.18. The normalized spacial score (nSPS) is 14.5. The molecule has 0 rings (SSSR count). The molecule has 0 heterocycles. The average Bonchev–Trinajstić information content (AvgIpc) is 2.26. The largest absolute Gasteiger partial charge is 0.198 e. The van der Waals surface area contributed by atoms with Crippen LogP contribution < -0.4 is 0 Å². The molecule has 0 fully saturated rings. The number of nitrogens with zero attached hydrogens (tertiary/aromatic N) is 1. The smallest absolute Gasteiger partial charge is 0.0697 e. The van der Waals surface area contributed by atoms with Gasteiger partial charge in [0.15, 0.2) is 0 Å². The van der Waals surface area contributed by atoms with Gasteiger partial charge in [-0.15, -0.1) is 0 Å². The molecule has 0 saturated heterocycles. The van der Waals surface area contributed by atoms with Crippen LogP contribution in [0.3, 0.4) is 0 Å². The van der Waals surface area contributed by atoms with E-state index in [9.17, 15) is 0 Å². The topological polar surface area (TPSA) is 23.8 Å². The third kappa shape index (κ3) is 8.77. The van der Waals surface area contributed by atoms with Crippen LogP contribution in [0, 0.1) is 17.2 Å². The maximum absolute atomic E-state index is 8.78. The summed E-state index contributed by atoms with van der Waals surface area (Å²) in [5.41, 5.74) is 0. The van der Waals surface area contributed by atoms with Crippen LogP contribution in [0.15, 0.2) is 48.6 Å². The van der Waals surface area contributed by atoms with Gasteiger partial charge in [-0.1, -0.05) is 48.6 Å². The van der Waals surface area contributed by atoms with Crippen molar-refractivity contribution in [2.24, 2.45) is 5.92 Å². The number of allylic oxidation sites excluding steroid dienone is 8. The fourth-order valence-corrected chi connectivity index (χ4v) is 1.13. The second-order valence-corrected chi connectivity index (χ2v) is 3.18. The highest BCUT2D eigenvalue weighted by Crippen LogP contribution is 2.07. The van der Waals surface area contributed by atoms with E-state index in [0.29, 0.717) is 0 Å². The van der Waals surface area contributed by atoms with Crippen LogP contribution in [0.2, 0.25) is 0 Å². The Labute approximate surface area is 93.1 Å². The van der Waals surface area contributed by atoms with Crippen LogP contribution >= 0.6 is 0 Å². The van der Waals surface area contributed by atoms with Crippen molar-refractivity contribution in [1.82, 2.24) is 0 Å². The maximum Gasteiger partial charge on any atom is 0.0697 e. The molecule has 0 amide bonds. The van der Waals surface area contributed by atoms with Crippen LogP contribution in [0.5, 0.6) is 0 Å². The van der Waals surface area contributed by atoms with Crippen LogP contribution in [0.25, 0.3) is 0 Å². The van der Waals surface area contributed by atoms with Gasteiger partial charge in [-0.25, -0.2) is 0 Å². The van der Waals surface area contributed by atoms with E-state index in [-0.39, 0.29) is 5.92 Å². The van der Waals surface area contributed by atoms with E-state index in [1.165, 1.54) is 0 Å². The van der Waals surface area contributed by atoms with Gasteiger partial charge in [0.1, 0.15) is 0 Å². The maximum atomic E-state index is 8.78. The van der Waals surface area contributed by atoms with E-state index < -0.39 is 0 Å². The zero-order valence-corrected chi connectivity index (χ0v) is 9.56. The lowest BCUT2D eigenvalue weighted by atomic mass is 10.0. The molecule has 1 atom stereocenters. The van der Waals surface area contributed by atoms with Crippen molar-refractivity contribution in [3.05, 3.63) is 48.6 Å². The van der Waals surface area contributed by atoms with Crippen molar-refractivity contribution in [3.63, 3.8) is 0 Å². The minimum absolute atomic E-state index is 0.0548. The van der Waals surface area contributed by atoms with Gasteiger partial charge in [0, 0.05) is 0 Å². The first-order chi connectivity index (χ1) is 7.35. The van der Waals surface area contributed by atoms with Gasteiger partial charge in [-0.2, -0.15) is 5.26 Å². The summed E-state index contributed by atoms with van der Waals surface area (Å²) in [6, 6.07) is 2.26. The molecule has 0 aromatic carbocycles. The lowest BCUT2D eigenvalue weighted by molar-refractivity contribution is 0.733. The number of hydrogen-bond donors (Lipinski definition) is 0. The Kier molecular flexibility index (Phi) is 9.44. The number of rotatable bonds is 6. The van der Waals surface area contributed by atoms with Crippen molar-refractivity contribution in [2.45, 2.75) is 26.7 Å². The molecule has 0 aromatic rings. The Morgan fingerprint density at radius 3 is 2.40 bits per heavy atom. The Hall–Kier alpha value is -1.55. The van der Waals surface area contributed by atoms with Gasteiger partial charge in [-0.3, -0.25) is 0 Å². The standard InChI is InChI=1S/C14H19N/c1-3-5-6-7-8-9-10-12-14(13-15)11-4-2/h3-9,11,14H,10,12H2,1-2H3. The summed E-state index contributed by atoms with van der Waals surface area (Å²) in [6.45, 7) is 3.93. The van der Waals surface area contributed by atoms with Crippen LogP contribution in [-0.2, 0) is 0 Å². The number of nitriles is 1. The quantitative estimate of drug-likeness (QED) is 0.467. The minimum Gasteiger partial charge on any atom is -0.198 e. The molecule has 0 aliphatic heterocycles. The fraction of sp³-hybridized carbons (Fsp3) is 0.357. The fourth-order valence-electron chi connectivity index (χ4n) is 1.13. The summed E-state index contributed by atoms with van der Waals surface area (Å²) in [7, 11) is 0. The Morgan fingerprint density at radius 1 is 1.07 bits per heavy atom. The predicted molar refractivity (Wildman–Crippen MR) is 66.2 cm³/mol. The molecule has 0 radical (unpaired) electrons. The Bertz CT molecular complexity index is 287. The van der Waals surface area contributed by atoms with Gasteiger partial charge in [0.2, 0.25) is 0 Å². The van der Waals surface area contributed by atoms with Crippen molar-refractivity contribution >= 4 is 0 Å². The van der Waals surface area contributed by atoms with E-state index in [2.05, 4.69) is 12.1 Å². The molecule has 0 N–H and O–H groups in total. The first-order valence-electron chi connectivity index (χ1n) is 5.32. The lowest BCUT2D eigenvalue weighted by Crippen LogP contribution is -1.90. The molecule has 0 saturated carbocycles. The third-order valence-electron chi connectivity index (χ3n) is 1.90. The summed E-state index contributed by atoms with van der Waals surface area (Å²) in [5.74, 6) is 0.0548. The van der Waals surface area contributed by atoms with E-state index in [0.717, 1.165) is 12.8 Å². The molecule has 0 aliphatic carbocycles. The average molecular weight is 201 g/mol. The summed E-state index contributed by atoms with van der Waals surface area (Å²) in [6.07, 6.45) is 17.8. The van der Waals surface area contributed by atoms with Crippen molar-refractivity contribution < 1.29 is 0 Å². The Morgan fingerprint density at radius 2 is 1.80 bits per heavy atom. The van der Waals surface area contributed by atoms with Gasteiger partial charge in [0.25, 0.3) is 0 Å². The third-order valence-corrected chi connectivity index (χ3v) is 1.90. The summed E-state index contributed by atoms with van der Waals surface area (Å²) in [4.78, 5) is 0. The molecule has 1 heteroatoms. The molecule has 1 nitrogen and oxygen atoms in total. The first-order valence-corrected chi connectivity index (χ1v) is 5.32. The van der Waals surface area contributed by atoms with E-state index in [4.69, 9.17) is 5.26 Å². The molecule has 0 aromatic heterocycles. The van der Waals surface area contributed by atoms with Crippen LogP contribution in [0.1, 0.15) is 26.7 Å².